The van der Waals surface area contributed by atoms with Crippen LogP contribution in [0.25, 0.3) is 16.6 Å². The van der Waals surface area contributed by atoms with Gasteiger partial charge in [-0.25, -0.2) is 9.97 Å². The third kappa shape index (κ3) is 3.01. The van der Waals surface area contributed by atoms with Gasteiger partial charge in [-0.15, -0.1) is 5.10 Å². The summed E-state index contributed by atoms with van der Waals surface area (Å²) in [6.45, 7) is 6.13. The van der Waals surface area contributed by atoms with Gasteiger partial charge in [-0.05, 0) is 38.8 Å². The van der Waals surface area contributed by atoms with Gasteiger partial charge in [0.05, 0.1) is 19.0 Å². The Balaban J connectivity index is 1.51. The fourth-order valence-electron chi connectivity index (χ4n) is 4.18. The Morgan fingerprint density at radius 2 is 2.10 bits per heavy atom. The van der Waals surface area contributed by atoms with Crippen LogP contribution in [0.2, 0.25) is 0 Å². The molecule has 1 aromatic carbocycles. The number of benzene rings is 1. The molecule has 156 valence electrons. The molecule has 0 spiro atoms. The highest BCUT2D eigenvalue weighted by Gasteiger charge is 2.27. The Kier molecular flexibility index (Phi) is 4.45. The fraction of sp³-hybridized carbons (Fsp3) is 0.429. The second-order valence-corrected chi connectivity index (χ2v) is 8.09. The highest BCUT2D eigenvalue weighted by molar-refractivity contribution is 5.95. The Morgan fingerprint density at radius 1 is 1.23 bits per heavy atom. The van der Waals surface area contributed by atoms with Crippen LogP contribution >= 0.6 is 0 Å². The number of fused-ring (bicyclic) bond motifs is 3. The molecule has 0 amide bonds. The van der Waals surface area contributed by atoms with Crippen molar-refractivity contribution in [3.05, 3.63) is 36.4 Å². The summed E-state index contributed by atoms with van der Waals surface area (Å²) in [4.78, 5) is 11.8. The highest BCUT2D eigenvalue weighted by Crippen LogP contribution is 2.31. The molecular weight excluding hydrogens is 380 g/mol. The number of para-hydroxylation sites is 1. The number of hydrogen-bond acceptors (Lipinski definition) is 7. The van der Waals surface area contributed by atoms with E-state index >= 15 is 0 Å². The fourth-order valence-corrected chi connectivity index (χ4v) is 4.18. The molecule has 1 aliphatic heterocycles. The Bertz CT molecular complexity index is 1210. The van der Waals surface area contributed by atoms with Crippen molar-refractivity contribution in [1.29, 1.82) is 0 Å². The van der Waals surface area contributed by atoms with Gasteiger partial charge in [0, 0.05) is 36.6 Å². The normalized spacial score (nSPS) is 17.3. The first-order chi connectivity index (χ1) is 14.5. The van der Waals surface area contributed by atoms with E-state index in [2.05, 4.69) is 35.0 Å². The van der Waals surface area contributed by atoms with E-state index in [9.17, 15) is 0 Å². The van der Waals surface area contributed by atoms with Crippen LogP contribution in [0.4, 0.5) is 11.6 Å². The summed E-state index contributed by atoms with van der Waals surface area (Å²) in [6, 6.07) is 6.13. The second kappa shape index (κ2) is 7.16. The summed E-state index contributed by atoms with van der Waals surface area (Å²) in [5, 5.41) is 10.1. The number of ether oxygens (including phenoxy) is 1. The van der Waals surface area contributed by atoms with E-state index in [1.807, 2.05) is 29.1 Å². The van der Waals surface area contributed by atoms with E-state index in [0.29, 0.717) is 23.3 Å². The zero-order valence-electron chi connectivity index (χ0n) is 17.5. The number of nitrogens with zero attached hydrogens (tertiary/aromatic N) is 7. The maximum Gasteiger partial charge on any atom is 0.223 e. The summed E-state index contributed by atoms with van der Waals surface area (Å²) in [6.07, 6.45) is 6.18. The van der Waals surface area contributed by atoms with E-state index in [-0.39, 0.29) is 5.92 Å². The van der Waals surface area contributed by atoms with Crippen LogP contribution in [0.3, 0.4) is 0 Å². The molecule has 3 aromatic heterocycles. The van der Waals surface area contributed by atoms with E-state index in [1.165, 1.54) is 0 Å². The number of anilines is 2. The summed E-state index contributed by atoms with van der Waals surface area (Å²) < 4.78 is 9.09. The number of nitrogens with two attached hydrogens (primary N) is 1. The summed E-state index contributed by atoms with van der Waals surface area (Å²) in [7, 11) is 1.63. The molecule has 0 radical (unpaired) electrons. The molecule has 4 heterocycles. The van der Waals surface area contributed by atoms with Crippen molar-refractivity contribution in [3.63, 3.8) is 0 Å². The number of nitrogen functional groups attached to an aromatic ring is 1. The van der Waals surface area contributed by atoms with Gasteiger partial charge in [0.15, 0.2) is 11.5 Å². The van der Waals surface area contributed by atoms with Gasteiger partial charge < -0.3 is 15.4 Å². The summed E-state index contributed by atoms with van der Waals surface area (Å²) >= 11 is 0. The van der Waals surface area contributed by atoms with Crippen molar-refractivity contribution in [2.45, 2.75) is 38.6 Å². The van der Waals surface area contributed by atoms with Crippen molar-refractivity contribution >= 4 is 28.2 Å². The van der Waals surface area contributed by atoms with Gasteiger partial charge >= 0.3 is 0 Å². The minimum absolute atomic E-state index is 0.223. The van der Waals surface area contributed by atoms with E-state index < -0.39 is 0 Å². The maximum absolute atomic E-state index is 6.21. The zero-order valence-corrected chi connectivity index (χ0v) is 17.5. The van der Waals surface area contributed by atoms with E-state index in [0.717, 1.165) is 48.5 Å². The number of piperidine rings is 1. The standard InChI is InChI=1S/C21H26N8O/c1-13(2)28-12-15(10-23-28)27-9-5-6-14(11-27)19-25-20-16-7-4-8-17(30-3)18(16)24-21(22)29(20)26-19/h4,7-8,10,12-14H,5-6,9,11H2,1-3H3,(H2,22,24)/t14-/m1/s1. The molecule has 0 aliphatic carbocycles. The number of methoxy groups -OCH3 is 1. The van der Waals surface area contributed by atoms with Crippen LogP contribution in [0, 0.1) is 0 Å². The first-order valence-electron chi connectivity index (χ1n) is 10.3. The van der Waals surface area contributed by atoms with Gasteiger partial charge in [-0.3, -0.25) is 4.68 Å². The average molecular weight is 406 g/mol. The SMILES string of the molecule is COc1cccc2c1nc(N)n1nc([C@@H]3CCCN(c4cnn(C(C)C)c4)C3)nc21. The molecule has 2 N–H and O–H groups in total. The third-order valence-corrected chi connectivity index (χ3v) is 5.80. The van der Waals surface area contributed by atoms with Gasteiger partial charge in [-0.2, -0.15) is 9.61 Å². The molecule has 0 saturated carbocycles. The predicted octanol–water partition coefficient (Wildman–Crippen LogP) is 3.03. The number of aromatic nitrogens is 6. The lowest BCUT2D eigenvalue weighted by Gasteiger charge is -2.32. The quantitative estimate of drug-likeness (QED) is 0.556. The third-order valence-electron chi connectivity index (χ3n) is 5.80. The molecule has 9 heteroatoms. The first-order valence-corrected chi connectivity index (χ1v) is 10.3. The van der Waals surface area contributed by atoms with Crippen molar-refractivity contribution < 1.29 is 4.74 Å². The van der Waals surface area contributed by atoms with Crippen molar-refractivity contribution in [2.24, 2.45) is 0 Å². The van der Waals surface area contributed by atoms with Crippen molar-refractivity contribution in [2.75, 3.05) is 30.8 Å². The number of hydrogen-bond donors (Lipinski definition) is 1. The van der Waals surface area contributed by atoms with Crippen LogP contribution in [0.15, 0.2) is 30.6 Å². The predicted molar refractivity (Wildman–Crippen MR) is 116 cm³/mol. The van der Waals surface area contributed by atoms with Crippen LogP contribution in [0.5, 0.6) is 5.75 Å². The summed E-state index contributed by atoms with van der Waals surface area (Å²) in [5.74, 6) is 2.02. The summed E-state index contributed by atoms with van der Waals surface area (Å²) in [5.41, 5.74) is 8.78. The Morgan fingerprint density at radius 3 is 2.87 bits per heavy atom. The Labute approximate surface area is 174 Å². The van der Waals surface area contributed by atoms with Gasteiger partial charge in [-0.1, -0.05) is 6.07 Å². The molecular formula is C21H26N8O. The van der Waals surface area contributed by atoms with Gasteiger partial charge in [0.1, 0.15) is 11.3 Å². The van der Waals surface area contributed by atoms with Gasteiger partial charge in [0.25, 0.3) is 0 Å². The monoisotopic (exact) mass is 406 g/mol. The van der Waals surface area contributed by atoms with Crippen LogP contribution in [-0.2, 0) is 0 Å². The largest absolute Gasteiger partial charge is 0.494 e. The highest BCUT2D eigenvalue weighted by atomic mass is 16.5. The van der Waals surface area contributed by atoms with Crippen molar-refractivity contribution in [1.82, 2.24) is 29.4 Å². The van der Waals surface area contributed by atoms with Crippen LogP contribution in [-0.4, -0.2) is 49.6 Å². The van der Waals surface area contributed by atoms with E-state index in [4.69, 9.17) is 20.6 Å². The molecule has 0 unspecified atom stereocenters. The number of rotatable bonds is 4. The first kappa shape index (κ1) is 18.7. The maximum atomic E-state index is 6.21. The van der Waals surface area contributed by atoms with Crippen LogP contribution in [0.1, 0.15) is 44.5 Å². The lowest BCUT2D eigenvalue weighted by Crippen LogP contribution is -2.34. The van der Waals surface area contributed by atoms with Crippen molar-refractivity contribution in [3.8, 4) is 5.75 Å². The van der Waals surface area contributed by atoms with Crippen LogP contribution < -0.4 is 15.4 Å². The Hall–Kier alpha value is -3.36. The lowest BCUT2D eigenvalue weighted by molar-refractivity contribution is 0.419. The molecule has 0 bridgehead atoms. The molecule has 9 nitrogen and oxygen atoms in total. The topological polar surface area (TPSA) is 99.4 Å². The molecule has 1 saturated heterocycles. The molecule has 1 atom stereocenters. The minimum Gasteiger partial charge on any atom is -0.494 e. The van der Waals surface area contributed by atoms with Gasteiger partial charge in [0.2, 0.25) is 5.95 Å². The minimum atomic E-state index is 0.223. The van der Waals surface area contributed by atoms with E-state index in [1.54, 1.807) is 11.6 Å². The molecule has 1 aliphatic rings. The molecule has 5 rings (SSSR count). The molecule has 1 fully saturated rings. The zero-order chi connectivity index (χ0) is 20.8. The second-order valence-electron chi connectivity index (χ2n) is 8.09. The molecule has 4 aromatic rings. The average Bonchev–Trinajstić information content (AvgIpc) is 3.42. The smallest absolute Gasteiger partial charge is 0.223 e. The lowest BCUT2D eigenvalue weighted by atomic mass is 9.97. The molecule has 30 heavy (non-hydrogen) atoms.